The van der Waals surface area contributed by atoms with Gasteiger partial charge in [-0.25, -0.2) is 4.79 Å². The molecule has 0 unspecified atom stereocenters. The molecule has 4 rings (SSSR count). The second-order valence-corrected chi connectivity index (χ2v) is 9.15. The fourth-order valence-electron chi connectivity index (χ4n) is 4.01. The van der Waals surface area contributed by atoms with Crippen molar-refractivity contribution in [2.45, 2.75) is 38.7 Å². The van der Waals surface area contributed by atoms with Crippen molar-refractivity contribution in [3.8, 4) is 5.75 Å². The van der Waals surface area contributed by atoms with E-state index < -0.39 is 5.97 Å². The average molecular weight is 452 g/mol. The first-order chi connectivity index (χ1) is 15.5. The van der Waals surface area contributed by atoms with E-state index in [1.165, 1.54) is 24.2 Å². The van der Waals surface area contributed by atoms with Crippen molar-refractivity contribution in [3.63, 3.8) is 0 Å². The maximum atomic E-state index is 12.7. The SMILES string of the molecule is O=C(O)c1ccc(COc2ccc(/C=C3/SC(=O)N(CC4CCCCC4)C3=O)cc2)cc1. The largest absolute Gasteiger partial charge is 0.489 e. The minimum atomic E-state index is -0.958. The molecular weight excluding hydrogens is 426 g/mol. The molecule has 0 aromatic heterocycles. The molecular formula is C25H25NO5S. The third-order valence-corrected chi connectivity index (χ3v) is 6.73. The minimum absolute atomic E-state index is 0.180. The van der Waals surface area contributed by atoms with E-state index in [2.05, 4.69) is 0 Å². The summed E-state index contributed by atoms with van der Waals surface area (Å²) < 4.78 is 5.75. The molecule has 1 saturated heterocycles. The lowest BCUT2D eigenvalue weighted by Crippen LogP contribution is -2.34. The van der Waals surface area contributed by atoms with Gasteiger partial charge in [0.2, 0.25) is 0 Å². The molecule has 1 N–H and O–H groups in total. The summed E-state index contributed by atoms with van der Waals surface area (Å²) in [6.07, 6.45) is 7.53. The number of imide groups is 1. The monoisotopic (exact) mass is 451 g/mol. The molecule has 6 nitrogen and oxygen atoms in total. The van der Waals surface area contributed by atoms with Crippen molar-refractivity contribution in [3.05, 3.63) is 70.1 Å². The second kappa shape index (κ2) is 10.0. The number of carboxylic acids is 1. The summed E-state index contributed by atoms with van der Waals surface area (Å²) in [5.74, 6) is -0.0705. The van der Waals surface area contributed by atoms with E-state index in [0.717, 1.165) is 35.7 Å². The van der Waals surface area contributed by atoms with Crippen LogP contribution in [0.15, 0.2) is 53.4 Å². The summed E-state index contributed by atoms with van der Waals surface area (Å²) in [4.78, 5) is 37.9. The summed E-state index contributed by atoms with van der Waals surface area (Å²) >= 11 is 1.01. The Bertz CT molecular complexity index is 1020. The fraction of sp³-hybridized carbons (Fsp3) is 0.320. The highest BCUT2D eigenvalue weighted by atomic mass is 32.2. The lowest BCUT2D eigenvalue weighted by molar-refractivity contribution is -0.123. The van der Waals surface area contributed by atoms with Crippen LogP contribution in [0.4, 0.5) is 4.79 Å². The molecule has 166 valence electrons. The van der Waals surface area contributed by atoms with Gasteiger partial charge < -0.3 is 9.84 Å². The van der Waals surface area contributed by atoms with Gasteiger partial charge in [-0.05, 0) is 72.0 Å². The van der Waals surface area contributed by atoms with Crippen LogP contribution in [0.2, 0.25) is 0 Å². The van der Waals surface area contributed by atoms with E-state index in [4.69, 9.17) is 9.84 Å². The summed E-state index contributed by atoms with van der Waals surface area (Å²) in [6.45, 7) is 0.849. The maximum Gasteiger partial charge on any atom is 0.335 e. The topological polar surface area (TPSA) is 83.9 Å². The molecule has 2 aliphatic rings. The fourth-order valence-corrected chi connectivity index (χ4v) is 4.86. The molecule has 32 heavy (non-hydrogen) atoms. The quantitative estimate of drug-likeness (QED) is 0.553. The Morgan fingerprint density at radius 3 is 2.38 bits per heavy atom. The summed E-state index contributed by atoms with van der Waals surface area (Å²) in [5.41, 5.74) is 1.93. The summed E-state index contributed by atoms with van der Waals surface area (Å²) in [6, 6.07) is 13.8. The van der Waals surface area contributed by atoms with Gasteiger partial charge in [-0.15, -0.1) is 0 Å². The number of benzene rings is 2. The first-order valence-electron chi connectivity index (χ1n) is 10.8. The number of hydrogen-bond acceptors (Lipinski definition) is 5. The Morgan fingerprint density at radius 2 is 1.72 bits per heavy atom. The molecule has 1 heterocycles. The Labute approximate surface area is 191 Å². The molecule has 2 aromatic rings. The van der Waals surface area contributed by atoms with Crippen molar-refractivity contribution in [2.24, 2.45) is 5.92 Å². The minimum Gasteiger partial charge on any atom is -0.489 e. The predicted octanol–water partition coefficient (Wildman–Crippen LogP) is 5.58. The number of carboxylic acid groups (broad SMARTS) is 1. The molecule has 7 heteroatoms. The molecule has 2 amide bonds. The molecule has 1 aliphatic carbocycles. The number of carbonyl (C=O) groups excluding carboxylic acids is 2. The lowest BCUT2D eigenvalue weighted by Gasteiger charge is -2.25. The number of aromatic carboxylic acids is 1. The smallest absolute Gasteiger partial charge is 0.335 e. The zero-order chi connectivity index (χ0) is 22.5. The number of thioether (sulfide) groups is 1. The van der Waals surface area contributed by atoms with Crippen molar-refractivity contribution in [1.29, 1.82) is 0 Å². The van der Waals surface area contributed by atoms with Gasteiger partial charge in [0.15, 0.2) is 0 Å². The molecule has 1 saturated carbocycles. The molecule has 1 aliphatic heterocycles. The molecule has 0 radical (unpaired) electrons. The number of nitrogens with zero attached hydrogens (tertiary/aromatic N) is 1. The number of rotatable bonds is 7. The maximum absolute atomic E-state index is 12.7. The Kier molecular flexibility index (Phi) is 6.95. The Hall–Kier alpha value is -3.06. The van der Waals surface area contributed by atoms with Gasteiger partial charge in [0.25, 0.3) is 11.1 Å². The van der Waals surface area contributed by atoms with Crippen LogP contribution in [-0.2, 0) is 11.4 Å². The van der Waals surface area contributed by atoms with Gasteiger partial charge in [-0.1, -0.05) is 43.5 Å². The van der Waals surface area contributed by atoms with Crippen LogP contribution in [-0.4, -0.2) is 33.7 Å². The van der Waals surface area contributed by atoms with Crippen LogP contribution in [0.5, 0.6) is 5.75 Å². The lowest BCUT2D eigenvalue weighted by atomic mass is 9.89. The highest BCUT2D eigenvalue weighted by Gasteiger charge is 2.36. The summed E-state index contributed by atoms with van der Waals surface area (Å²) in [7, 11) is 0. The van der Waals surface area contributed by atoms with Crippen LogP contribution in [0.3, 0.4) is 0 Å². The van der Waals surface area contributed by atoms with Gasteiger partial charge in [0.05, 0.1) is 10.5 Å². The first kappa shape index (κ1) is 22.1. The van der Waals surface area contributed by atoms with Gasteiger partial charge in [-0.2, -0.15) is 0 Å². The van der Waals surface area contributed by atoms with Gasteiger partial charge in [0, 0.05) is 6.54 Å². The van der Waals surface area contributed by atoms with Crippen molar-refractivity contribution in [2.75, 3.05) is 6.54 Å². The normalized spacial score (nSPS) is 18.4. The third-order valence-electron chi connectivity index (χ3n) is 5.82. The number of hydrogen-bond donors (Lipinski definition) is 1. The van der Waals surface area contributed by atoms with E-state index in [-0.39, 0.29) is 16.7 Å². The Morgan fingerprint density at radius 1 is 1.03 bits per heavy atom. The second-order valence-electron chi connectivity index (χ2n) is 8.16. The van der Waals surface area contributed by atoms with Crippen molar-refractivity contribution >= 4 is 35.0 Å². The van der Waals surface area contributed by atoms with Crippen LogP contribution < -0.4 is 4.74 Å². The van der Waals surface area contributed by atoms with Crippen LogP contribution in [0, 0.1) is 5.92 Å². The number of ether oxygens (including phenoxy) is 1. The van der Waals surface area contributed by atoms with Gasteiger partial charge in [-0.3, -0.25) is 14.5 Å². The van der Waals surface area contributed by atoms with E-state index in [9.17, 15) is 14.4 Å². The van der Waals surface area contributed by atoms with Crippen LogP contribution >= 0.6 is 11.8 Å². The standard InChI is InChI=1S/C25H25NO5S/c27-23-22(32-25(30)26(23)15-18-4-2-1-3-5-18)14-17-8-12-21(13-9-17)31-16-19-6-10-20(11-7-19)24(28)29/h6-14,18H,1-5,15-16H2,(H,28,29)/b22-14+. The van der Waals surface area contributed by atoms with E-state index in [0.29, 0.717) is 29.7 Å². The molecule has 0 atom stereocenters. The first-order valence-corrected chi connectivity index (χ1v) is 11.6. The van der Waals surface area contributed by atoms with Crippen LogP contribution in [0.25, 0.3) is 6.08 Å². The van der Waals surface area contributed by atoms with Crippen LogP contribution in [0.1, 0.15) is 53.6 Å². The van der Waals surface area contributed by atoms with Crippen molar-refractivity contribution < 1.29 is 24.2 Å². The molecule has 0 spiro atoms. The average Bonchev–Trinajstić information content (AvgIpc) is 3.07. The highest BCUT2D eigenvalue weighted by Crippen LogP contribution is 2.35. The zero-order valence-corrected chi connectivity index (χ0v) is 18.5. The Balaban J connectivity index is 1.34. The third kappa shape index (κ3) is 5.40. The zero-order valence-electron chi connectivity index (χ0n) is 17.7. The van der Waals surface area contributed by atoms with E-state index >= 15 is 0 Å². The van der Waals surface area contributed by atoms with Crippen molar-refractivity contribution in [1.82, 2.24) is 4.90 Å². The predicted molar refractivity (Wildman–Crippen MR) is 123 cm³/mol. The highest BCUT2D eigenvalue weighted by molar-refractivity contribution is 8.18. The molecule has 2 aromatic carbocycles. The summed E-state index contributed by atoms with van der Waals surface area (Å²) in [5, 5.41) is 8.77. The van der Waals surface area contributed by atoms with Gasteiger partial charge >= 0.3 is 5.97 Å². The molecule has 0 bridgehead atoms. The number of amides is 2. The van der Waals surface area contributed by atoms with E-state index in [1.54, 1.807) is 30.3 Å². The van der Waals surface area contributed by atoms with E-state index in [1.807, 2.05) is 24.3 Å². The molecule has 2 fully saturated rings. The van der Waals surface area contributed by atoms with Gasteiger partial charge in [0.1, 0.15) is 12.4 Å². The number of carbonyl (C=O) groups is 3.